The lowest BCUT2D eigenvalue weighted by molar-refractivity contribution is -0.141. The number of ether oxygens (including phenoxy) is 3. The van der Waals surface area contributed by atoms with Crippen LogP contribution in [-0.4, -0.2) is 87.2 Å². The fourth-order valence-electron chi connectivity index (χ4n) is 3.37. The van der Waals surface area contributed by atoms with E-state index in [1.807, 2.05) is 12.2 Å². The SMILES string of the molecule is COCCN1C(=O)C2CC=CC(OC)C2C1=O.COCCN1C(=O)C=CC1=O. The summed E-state index contributed by atoms with van der Waals surface area (Å²) >= 11 is 0. The molecule has 3 rings (SSSR count). The molecule has 1 fully saturated rings. The molecule has 0 aromatic heterocycles. The summed E-state index contributed by atoms with van der Waals surface area (Å²) in [5, 5.41) is 0. The third kappa shape index (κ3) is 4.73. The van der Waals surface area contributed by atoms with Crippen LogP contribution in [0.3, 0.4) is 0 Å². The van der Waals surface area contributed by atoms with Gasteiger partial charge in [-0.25, -0.2) is 0 Å². The van der Waals surface area contributed by atoms with Crippen molar-refractivity contribution < 1.29 is 33.4 Å². The number of hydrogen-bond donors (Lipinski definition) is 0. The topological polar surface area (TPSA) is 102 Å². The van der Waals surface area contributed by atoms with Gasteiger partial charge in [0.1, 0.15) is 0 Å². The van der Waals surface area contributed by atoms with Crippen molar-refractivity contribution in [1.82, 2.24) is 9.80 Å². The molecule has 154 valence electrons. The Bertz CT molecular complexity index is 655. The average molecular weight is 394 g/mol. The first-order valence-corrected chi connectivity index (χ1v) is 9.02. The van der Waals surface area contributed by atoms with Crippen LogP contribution in [0.25, 0.3) is 0 Å². The van der Waals surface area contributed by atoms with Gasteiger partial charge in [-0.15, -0.1) is 0 Å². The van der Waals surface area contributed by atoms with Crippen molar-refractivity contribution in [1.29, 1.82) is 0 Å². The third-order valence-electron chi connectivity index (χ3n) is 4.85. The molecule has 1 saturated heterocycles. The minimum Gasteiger partial charge on any atom is -0.383 e. The van der Waals surface area contributed by atoms with Crippen LogP contribution >= 0.6 is 0 Å². The van der Waals surface area contributed by atoms with E-state index in [0.717, 1.165) is 4.90 Å². The number of likely N-dealkylation sites (tertiary alicyclic amines) is 1. The molecule has 0 aromatic carbocycles. The highest BCUT2D eigenvalue weighted by Crippen LogP contribution is 2.36. The lowest BCUT2D eigenvalue weighted by Gasteiger charge is -2.24. The second-order valence-corrected chi connectivity index (χ2v) is 6.47. The predicted octanol–water partition coefficient (Wildman–Crippen LogP) is -0.233. The fraction of sp³-hybridized carbons (Fsp3) is 0.579. The maximum absolute atomic E-state index is 12.2. The summed E-state index contributed by atoms with van der Waals surface area (Å²) in [4.78, 5) is 48.4. The second-order valence-electron chi connectivity index (χ2n) is 6.47. The van der Waals surface area contributed by atoms with Gasteiger partial charge in [-0.2, -0.15) is 0 Å². The van der Waals surface area contributed by atoms with Crippen LogP contribution in [0.1, 0.15) is 6.42 Å². The van der Waals surface area contributed by atoms with Crippen LogP contribution in [0.5, 0.6) is 0 Å². The fourth-order valence-corrected chi connectivity index (χ4v) is 3.37. The van der Waals surface area contributed by atoms with E-state index in [-0.39, 0.29) is 41.6 Å². The van der Waals surface area contributed by atoms with Crippen LogP contribution < -0.4 is 0 Å². The standard InChI is InChI=1S/C12H17NO4.C7H9NO3/c1-16-7-6-13-11(14)8-4-3-5-9(17-2)10(8)12(13)15;1-11-5-4-8-6(9)2-3-7(8)10/h3,5,8-10H,4,6-7H2,1-2H3;2-3H,4-5H2,1H3. The Hall–Kier alpha value is -2.36. The molecular formula is C19H26N2O7. The van der Waals surface area contributed by atoms with E-state index in [1.165, 1.54) is 24.2 Å². The van der Waals surface area contributed by atoms with E-state index in [0.29, 0.717) is 32.7 Å². The molecule has 0 radical (unpaired) electrons. The Morgan fingerprint density at radius 2 is 1.46 bits per heavy atom. The van der Waals surface area contributed by atoms with Gasteiger partial charge in [-0.1, -0.05) is 12.2 Å². The van der Waals surface area contributed by atoms with Gasteiger partial charge in [0.15, 0.2) is 0 Å². The summed E-state index contributed by atoms with van der Waals surface area (Å²) in [5.74, 6) is -1.35. The summed E-state index contributed by atoms with van der Waals surface area (Å²) in [6, 6.07) is 0. The smallest absolute Gasteiger partial charge is 0.253 e. The Balaban J connectivity index is 0.000000221. The van der Waals surface area contributed by atoms with Crippen molar-refractivity contribution in [3.63, 3.8) is 0 Å². The van der Waals surface area contributed by atoms with E-state index in [9.17, 15) is 19.2 Å². The summed E-state index contributed by atoms with van der Waals surface area (Å²) in [6.45, 7) is 1.43. The summed E-state index contributed by atoms with van der Waals surface area (Å²) in [5.41, 5.74) is 0. The number of carbonyl (C=O) groups is 4. The molecule has 0 spiro atoms. The molecule has 3 atom stereocenters. The van der Waals surface area contributed by atoms with Crippen molar-refractivity contribution in [3.8, 4) is 0 Å². The van der Waals surface area contributed by atoms with Gasteiger partial charge in [0.2, 0.25) is 11.8 Å². The number of rotatable bonds is 7. The van der Waals surface area contributed by atoms with Crippen LogP contribution in [0.15, 0.2) is 24.3 Å². The molecular weight excluding hydrogens is 368 g/mol. The summed E-state index contributed by atoms with van der Waals surface area (Å²) < 4.78 is 14.9. The Morgan fingerprint density at radius 3 is 2.00 bits per heavy atom. The van der Waals surface area contributed by atoms with Gasteiger partial charge >= 0.3 is 0 Å². The summed E-state index contributed by atoms with van der Waals surface area (Å²) in [7, 11) is 4.64. The molecule has 0 aromatic rings. The van der Waals surface area contributed by atoms with Crippen LogP contribution in [0.4, 0.5) is 0 Å². The third-order valence-corrected chi connectivity index (χ3v) is 4.85. The van der Waals surface area contributed by atoms with E-state index in [1.54, 1.807) is 14.2 Å². The minimum absolute atomic E-state index is 0.0940. The van der Waals surface area contributed by atoms with E-state index in [4.69, 9.17) is 14.2 Å². The zero-order valence-corrected chi connectivity index (χ0v) is 16.3. The largest absolute Gasteiger partial charge is 0.383 e. The minimum atomic E-state index is -0.352. The van der Waals surface area contributed by atoms with Crippen molar-refractivity contribution in [2.24, 2.45) is 11.8 Å². The zero-order valence-electron chi connectivity index (χ0n) is 16.3. The van der Waals surface area contributed by atoms with E-state index < -0.39 is 0 Å². The van der Waals surface area contributed by atoms with Gasteiger partial charge in [0.25, 0.3) is 11.8 Å². The van der Waals surface area contributed by atoms with Crippen molar-refractivity contribution in [2.45, 2.75) is 12.5 Å². The van der Waals surface area contributed by atoms with Crippen LogP contribution in [0.2, 0.25) is 0 Å². The molecule has 0 N–H and O–H groups in total. The molecule has 9 heteroatoms. The van der Waals surface area contributed by atoms with Crippen LogP contribution in [0, 0.1) is 11.8 Å². The lowest BCUT2D eigenvalue weighted by atomic mass is 9.83. The Kier molecular flexibility index (Phi) is 8.04. The first kappa shape index (κ1) is 21.9. The highest BCUT2D eigenvalue weighted by atomic mass is 16.5. The Labute approximate surface area is 163 Å². The molecule has 4 amide bonds. The van der Waals surface area contributed by atoms with Crippen LogP contribution in [-0.2, 0) is 33.4 Å². The average Bonchev–Trinajstić information content (AvgIpc) is 3.15. The molecule has 28 heavy (non-hydrogen) atoms. The number of amides is 4. The van der Waals surface area contributed by atoms with Gasteiger partial charge in [0, 0.05) is 33.5 Å². The number of nitrogens with zero attached hydrogens (tertiary/aromatic N) is 2. The molecule has 0 saturated carbocycles. The molecule has 1 aliphatic carbocycles. The van der Waals surface area contributed by atoms with Gasteiger partial charge in [-0.3, -0.25) is 29.0 Å². The van der Waals surface area contributed by atoms with Crippen molar-refractivity contribution in [3.05, 3.63) is 24.3 Å². The van der Waals surface area contributed by atoms with Gasteiger partial charge in [-0.05, 0) is 6.42 Å². The van der Waals surface area contributed by atoms with E-state index in [2.05, 4.69) is 0 Å². The zero-order chi connectivity index (χ0) is 20.7. The van der Waals surface area contributed by atoms with Gasteiger partial charge < -0.3 is 14.2 Å². The van der Waals surface area contributed by atoms with Crippen molar-refractivity contribution >= 4 is 23.6 Å². The van der Waals surface area contributed by atoms with Gasteiger partial charge in [0.05, 0.1) is 44.2 Å². The number of fused-ring (bicyclic) bond motifs is 1. The molecule has 3 unspecified atom stereocenters. The molecule has 2 aliphatic heterocycles. The number of allylic oxidation sites excluding steroid dienone is 1. The van der Waals surface area contributed by atoms with Crippen molar-refractivity contribution in [2.75, 3.05) is 47.6 Å². The quantitative estimate of drug-likeness (QED) is 0.434. The monoisotopic (exact) mass is 394 g/mol. The number of imide groups is 2. The maximum Gasteiger partial charge on any atom is 0.253 e. The maximum atomic E-state index is 12.2. The molecule has 3 aliphatic rings. The molecule has 0 bridgehead atoms. The number of methoxy groups -OCH3 is 3. The highest BCUT2D eigenvalue weighted by Gasteiger charge is 2.51. The Morgan fingerprint density at radius 1 is 0.893 bits per heavy atom. The number of carbonyl (C=O) groups excluding carboxylic acids is 4. The normalized spacial score (nSPS) is 26.0. The molecule has 9 nitrogen and oxygen atoms in total. The first-order valence-electron chi connectivity index (χ1n) is 9.02. The first-order chi connectivity index (χ1) is 13.5. The second kappa shape index (κ2) is 10.3. The molecule has 2 heterocycles. The lowest BCUT2D eigenvalue weighted by Crippen LogP contribution is -2.36. The highest BCUT2D eigenvalue weighted by molar-refractivity contribution is 6.12. The predicted molar refractivity (Wildman–Crippen MR) is 97.9 cm³/mol. The summed E-state index contributed by atoms with van der Waals surface area (Å²) in [6.07, 6.45) is 6.65. The van der Waals surface area contributed by atoms with E-state index >= 15 is 0 Å². The number of hydrogen-bond acceptors (Lipinski definition) is 7.